The lowest BCUT2D eigenvalue weighted by Crippen LogP contribution is -2.17. The molecule has 1 amide bonds. The number of hydrogen-bond acceptors (Lipinski definition) is 2. The summed E-state index contributed by atoms with van der Waals surface area (Å²) >= 11 is 0. The van der Waals surface area contributed by atoms with Crippen LogP contribution in [0.1, 0.15) is 47.0 Å². The van der Waals surface area contributed by atoms with Crippen LogP contribution in [0.25, 0.3) is 0 Å². The Kier molecular flexibility index (Phi) is 21.9. The van der Waals surface area contributed by atoms with Crippen LogP contribution in [-0.2, 0) is 4.79 Å². The third kappa shape index (κ3) is 29.2. The van der Waals surface area contributed by atoms with Gasteiger partial charge in [0.25, 0.3) is 0 Å². The Labute approximate surface area is 103 Å². The predicted molar refractivity (Wildman–Crippen MR) is 73.8 cm³/mol. The number of hydrogen-bond donors (Lipinski definition) is 0. The molecule has 0 aromatic carbocycles. The van der Waals surface area contributed by atoms with Crippen molar-refractivity contribution in [2.24, 2.45) is 0 Å². The van der Waals surface area contributed by atoms with E-state index in [4.69, 9.17) is 0 Å². The molecule has 0 heterocycles. The van der Waals surface area contributed by atoms with Crippen LogP contribution in [0.5, 0.6) is 0 Å². The molecule has 0 N–H and O–H groups in total. The van der Waals surface area contributed by atoms with Crippen molar-refractivity contribution < 1.29 is 4.79 Å². The average molecular weight is 232 g/mol. The minimum Gasteiger partial charge on any atom is -0.349 e. The number of rotatable bonds is 4. The van der Waals surface area contributed by atoms with E-state index in [1.165, 1.54) is 37.6 Å². The van der Waals surface area contributed by atoms with Crippen molar-refractivity contribution in [2.45, 2.75) is 47.0 Å². The van der Waals surface area contributed by atoms with Gasteiger partial charge in [0.1, 0.15) is 0 Å². The van der Waals surface area contributed by atoms with E-state index in [1.54, 1.807) is 14.1 Å². The second-order valence-electron chi connectivity index (χ2n) is 3.92. The average Bonchev–Trinajstić information content (AvgIpc) is 2.21. The van der Waals surface area contributed by atoms with Gasteiger partial charge >= 0.3 is 0 Å². The number of amides is 1. The van der Waals surface area contributed by atoms with Gasteiger partial charge in [-0.2, -0.15) is 0 Å². The third-order valence-corrected chi connectivity index (χ3v) is 1.84. The molecular weight excluding hydrogens is 200 g/mol. The summed E-state index contributed by atoms with van der Waals surface area (Å²) in [5.41, 5.74) is 0. The maximum atomic E-state index is 10.1. The molecule has 0 saturated heterocycles. The van der Waals surface area contributed by atoms with E-state index in [1.807, 2.05) is 13.8 Å². The zero-order valence-corrected chi connectivity index (χ0v) is 12.6. The quantitative estimate of drug-likeness (QED) is 0.696. The van der Waals surface area contributed by atoms with Gasteiger partial charge in [-0.05, 0) is 27.1 Å². The van der Waals surface area contributed by atoms with Gasteiger partial charge < -0.3 is 9.80 Å². The lowest BCUT2D eigenvalue weighted by Gasteiger charge is -2.06. The largest absolute Gasteiger partial charge is 0.349 e. The molecule has 0 unspecified atom stereocenters. The lowest BCUT2D eigenvalue weighted by atomic mass is 10.2. The summed E-state index contributed by atoms with van der Waals surface area (Å²) in [4.78, 5) is 13.8. The van der Waals surface area contributed by atoms with Gasteiger partial charge in [-0.1, -0.05) is 33.6 Å². The molecule has 0 aliphatic heterocycles. The molecule has 0 fully saturated rings. The maximum absolute atomic E-state index is 10.1. The summed E-state index contributed by atoms with van der Waals surface area (Å²) < 4.78 is 0. The van der Waals surface area contributed by atoms with E-state index < -0.39 is 0 Å². The smallest absolute Gasteiger partial charge is 0.218 e. The first kappa shape index (κ1) is 20.8. The molecule has 3 heteroatoms. The standard InChI is InChI=1S/C7H17N.C4H9NO.C2H6/c1-4-5-6-7-8(2)3;1-4(6)5(2)3;1-2/h4-7H2,1-3H3;1-3H3;1-2H3. The Morgan fingerprint density at radius 2 is 1.38 bits per heavy atom. The molecule has 0 atom stereocenters. The Morgan fingerprint density at radius 1 is 1.00 bits per heavy atom. The molecule has 3 nitrogen and oxygen atoms in total. The van der Waals surface area contributed by atoms with E-state index in [-0.39, 0.29) is 5.91 Å². The highest BCUT2D eigenvalue weighted by Crippen LogP contribution is 1.93. The highest BCUT2D eigenvalue weighted by atomic mass is 16.2. The van der Waals surface area contributed by atoms with Gasteiger partial charge in [-0.15, -0.1) is 0 Å². The number of nitrogens with zero attached hydrogens (tertiary/aromatic N) is 2. The molecule has 0 radical (unpaired) electrons. The molecule has 0 bridgehead atoms. The van der Waals surface area contributed by atoms with Crippen LogP contribution >= 0.6 is 0 Å². The summed E-state index contributed by atoms with van der Waals surface area (Å²) in [6.07, 6.45) is 4.05. The second kappa shape index (κ2) is 16.8. The van der Waals surface area contributed by atoms with Crippen LogP contribution in [0, 0.1) is 0 Å². The Balaban J connectivity index is -0.000000188. The summed E-state index contributed by atoms with van der Waals surface area (Å²) in [6, 6.07) is 0. The van der Waals surface area contributed by atoms with Gasteiger partial charge in [-0.25, -0.2) is 0 Å². The molecule has 0 spiro atoms. The first-order valence-electron chi connectivity index (χ1n) is 6.24. The molecule has 0 rings (SSSR count). The van der Waals surface area contributed by atoms with Gasteiger partial charge in [0.05, 0.1) is 0 Å². The Morgan fingerprint density at radius 3 is 1.56 bits per heavy atom. The van der Waals surface area contributed by atoms with Gasteiger partial charge in [0.15, 0.2) is 0 Å². The minimum atomic E-state index is 0.0926. The van der Waals surface area contributed by atoms with Crippen LogP contribution < -0.4 is 0 Å². The highest BCUT2D eigenvalue weighted by Gasteiger charge is 1.87. The van der Waals surface area contributed by atoms with Crippen molar-refractivity contribution in [3.8, 4) is 0 Å². The lowest BCUT2D eigenvalue weighted by molar-refractivity contribution is -0.126. The predicted octanol–water partition coefficient (Wildman–Crippen LogP) is 2.86. The van der Waals surface area contributed by atoms with Crippen molar-refractivity contribution >= 4 is 5.91 Å². The third-order valence-electron chi connectivity index (χ3n) is 1.84. The molecule has 0 aromatic rings. The molecule has 16 heavy (non-hydrogen) atoms. The summed E-state index contributed by atoms with van der Waals surface area (Å²) in [7, 11) is 7.69. The van der Waals surface area contributed by atoms with Crippen molar-refractivity contribution in [3.05, 3.63) is 0 Å². The maximum Gasteiger partial charge on any atom is 0.218 e. The number of unbranched alkanes of at least 4 members (excludes halogenated alkanes) is 2. The van der Waals surface area contributed by atoms with E-state index in [9.17, 15) is 4.79 Å². The van der Waals surface area contributed by atoms with Crippen LogP contribution in [0.4, 0.5) is 0 Å². The summed E-state index contributed by atoms with van der Waals surface area (Å²) in [6.45, 7) is 9.00. The SMILES string of the molecule is CC.CC(=O)N(C)C.CCCCCN(C)C. The molecule has 0 saturated carbocycles. The van der Waals surface area contributed by atoms with Gasteiger partial charge in [0.2, 0.25) is 5.91 Å². The van der Waals surface area contributed by atoms with E-state index in [0.29, 0.717) is 0 Å². The van der Waals surface area contributed by atoms with Gasteiger partial charge in [-0.3, -0.25) is 4.79 Å². The summed E-state index contributed by atoms with van der Waals surface area (Å²) in [5, 5.41) is 0. The minimum absolute atomic E-state index is 0.0926. The zero-order valence-electron chi connectivity index (χ0n) is 12.6. The van der Waals surface area contributed by atoms with Crippen molar-refractivity contribution in [3.63, 3.8) is 0 Å². The van der Waals surface area contributed by atoms with E-state index >= 15 is 0 Å². The number of carbonyl (C=O) groups excluding carboxylic acids is 1. The Hall–Kier alpha value is -0.570. The first-order valence-corrected chi connectivity index (χ1v) is 6.24. The summed E-state index contributed by atoms with van der Waals surface area (Å²) in [5.74, 6) is 0.0926. The van der Waals surface area contributed by atoms with Crippen molar-refractivity contribution in [2.75, 3.05) is 34.7 Å². The first-order chi connectivity index (χ1) is 7.41. The molecule has 0 aliphatic rings. The van der Waals surface area contributed by atoms with E-state index in [0.717, 1.165) is 0 Å². The zero-order chi connectivity index (χ0) is 13.6. The van der Waals surface area contributed by atoms with Crippen LogP contribution in [0.15, 0.2) is 0 Å². The van der Waals surface area contributed by atoms with E-state index in [2.05, 4.69) is 25.9 Å². The van der Waals surface area contributed by atoms with Crippen molar-refractivity contribution in [1.29, 1.82) is 0 Å². The second-order valence-corrected chi connectivity index (χ2v) is 3.92. The fourth-order valence-corrected chi connectivity index (χ4v) is 0.678. The normalized spacial score (nSPS) is 8.56. The monoisotopic (exact) mass is 232 g/mol. The fraction of sp³-hybridized carbons (Fsp3) is 0.923. The van der Waals surface area contributed by atoms with Crippen LogP contribution in [-0.4, -0.2) is 50.4 Å². The number of carbonyl (C=O) groups is 1. The molecular formula is C13H32N2O. The fourth-order valence-electron chi connectivity index (χ4n) is 0.678. The Bertz CT molecular complexity index is 134. The van der Waals surface area contributed by atoms with Crippen LogP contribution in [0.2, 0.25) is 0 Å². The highest BCUT2D eigenvalue weighted by molar-refractivity contribution is 5.72. The van der Waals surface area contributed by atoms with Gasteiger partial charge in [0, 0.05) is 21.0 Å². The van der Waals surface area contributed by atoms with Crippen molar-refractivity contribution in [1.82, 2.24) is 9.80 Å². The molecule has 0 aliphatic carbocycles. The van der Waals surface area contributed by atoms with Crippen LogP contribution in [0.3, 0.4) is 0 Å². The molecule has 0 aromatic heterocycles. The molecule has 100 valence electrons. The topological polar surface area (TPSA) is 23.6 Å².